The highest BCUT2D eigenvalue weighted by atomic mass is 35.5. The summed E-state index contributed by atoms with van der Waals surface area (Å²) < 4.78 is 31.1. The molecule has 1 saturated heterocycles. The number of rotatable bonds is 13. The van der Waals surface area contributed by atoms with Crippen LogP contribution in [0.3, 0.4) is 0 Å². The molecule has 1 heterocycles. The van der Waals surface area contributed by atoms with Gasteiger partial charge in [0, 0.05) is 24.8 Å². The first-order valence-electron chi connectivity index (χ1n) is 14.9. The fourth-order valence-electron chi connectivity index (χ4n) is 5.77. The maximum atomic E-state index is 13.1. The molecule has 3 N–H and O–H groups in total. The number of hydrogen-bond donors (Lipinski definition) is 3. The van der Waals surface area contributed by atoms with Crippen molar-refractivity contribution in [2.45, 2.75) is 83.3 Å². The monoisotopic (exact) mass is 606 g/mol. The van der Waals surface area contributed by atoms with E-state index in [0.29, 0.717) is 23.4 Å². The highest BCUT2D eigenvalue weighted by Gasteiger charge is 2.32. The molecule has 1 saturated carbocycles. The molecule has 2 aromatic rings. The molecule has 41 heavy (non-hydrogen) atoms. The molecule has 228 valence electrons. The fraction of sp³-hybridized carbons (Fsp3) is 0.581. The van der Waals surface area contributed by atoms with E-state index in [2.05, 4.69) is 39.3 Å². The summed E-state index contributed by atoms with van der Waals surface area (Å²) in [6.45, 7) is 5.85. The van der Waals surface area contributed by atoms with Gasteiger partial charge in [0.25, 0.3) is 0 Å². The van der Waals surface area contributed by atoms with E-state index < -0.39 is 10.0 Å². The van der Waals surface area contributed by atoms with Crippen molar-refractivity contribution in [2.75, 3.05) is 30.6 Å². The second-order valence-electron chi connectivity index (χ2n) is 11.4. The Morgan fingerprint density at radius 2 is 1.56 bits per heavy atom. The van der Waals surface area contributed by atoms with E-state index in [-0.39, 0.29) is 24.4 Å². The lowest BCUT2D eigenvalue weighted by atomic mass is 9.82. The molecule has 0 radical (unpaired) electrons. The molecule has 10 heteroatoms. The maximum absolute atomic E-state index is 13.1. The van der Waals surface area contributed by atoms with Crippen LogP contribution in [-0.2, 0) is 21.4 Å². The van der Waals surface area contributed by atoms with E-state index in [1.165, 1.54) is 24.8 Å². The van der Waals surface area contributed by atoms with Gasteiger partial charge >= 0.3 is 0 Å². The Hall–Kier alpha value is -2.33. The van der Waals surface area contributed by atoms with Crippen molar-refractivity contribution >= 4 is 34.0 Å². The minimum Gasteiger partial charge on any atom is -0.457 e. The largest absolute Gasteiger partial charge is 0.457 e. The summed E-state index contributed by atoms with van der Waals surface area (Å²) >= 11 is 0. The molecule has 2 aliphatic rings. The molecular formula is C31H47ClN4O4S. The lowest BCUT2D eigenvalue weighted by Crippen LogP contribution is -2.55. The Morgan fingerprint density at radius 1 is 0.951 bits per heavy atom. The molecule has 1 aliphatic carbocycles. The van der Waals surface area contributed by atoms with Gasteiger partial charge in [-0.25, -0.2) is 8.42 Å². The number of amides is 1. The van der Waals surface area contributed by atoms with Crippen LogP contribution in [0.4, 0.5) is 5.69 Å². The molecule has 0 spiro atoms. The first-order valence-corrected chi connectivity index (χ1v) is 16.8. The van der Waals surface area contributed by atoms with Gasteiger partial charge in [-0.1, -0.05) is 44.7 Å². The van der Waals surface area contributed by atoms with Gasteiger partial charge in [0.05, 0.1) is 12.3 Å². The van der Waals surface area contributed by atoms with Crippen LogP contribution < -0.4 is 20.1 Å². The maximum Gasteiger partial charge on any atom is 0.237 e. The predicted molar refractivity (Wildman–Crippen MR) is 168 cm³/mol. The van der Waals surface area contributed by atoms with Crippen LogP contribution >= 0.6 is 12.4 Å². The number of sulfonamides is 1. The van der Waals surface area contributed by atoms with Crippen molar-refractivity contribution in [1.82, 2.24) is 15.5 Å². The number of nitrogens with one attached hydrogen (secondary N) is 3. The highest BCUT2D eigenvalue weighted by Crippen LogP contribution is 2.28. The van der Waals surface area contributed by atoms with E-state index in [9.17, 15) is 13.2 Å². The molecule has 4 rings (SSSR count). The zero-order valence-electron chi connectivity index (χ0n) is 24.4. The first-order chi connectivity index (χ1) is 19.3. The summed E-state index contributed by atoms with van der Waals surface area (Å²) in [5.74, 6) is 2.04. The van der Waals surface area contributed by atoms with Crippen LogP contribution in [0.2, 0.25) is 0 Å². The van der Waals surface area contributed by atoms with Crippen molar-refractivity contribution in [3.63, 3.8) is 0 Å². The average molecular weight is 607 g/mol. The van der Waals surface area contributed by atoms with E-state index in [1.54, 1.807) is 24.3 Å². The molecular weight excluding hydrogens is 560 g/mol. The van der Waals surface area contributed by atoms with Crippen LogP contribution in [0.5, 0.6) is 11.5 Å². The number of unbranched alkanes of at least 4 members (excludes halogenated alkanes) is 1. The number of nitrogens with zero attached hydrogens (tertiary/aromatic N) is 1. The van der Waals surface area contributed by atoms with Crippen LogP contribution in [0.15, 0.2) is 48.5 Å². The van der Waals surface area contributed by atoms with Crippen molar-refractivity contribution < 1.29 is 17.9 Å². The summed E-state index contributed by atoms with van der Waals surface area (Å²) in [6, 6.07) is 15.3. The summed E-state index contributed by atoms with van der Waals surface area (Å²) in [5, 5.41) is 6.99. The topological polar surface area (TPSA) is 99.8 Å². The van der Waals surface area contributed by atoms with E-state index in [0.717, 1.165) is 76.7 Å². The normalized spacial score (nSPS) is 17.8. The third kappa shape index (κ3) is 11.1. The van der Waals surface area contributed by atoms with E-state index in [4.69, 9.17) is 4.74 Å². The third-order valence-electron chi connectivity index (χ3n) is 7.96. The van der Waals surface area contributed by atoms with Crippen molar-refractivity contribution in [3.05, 3.63) is 54.1 Å². The first kappa shape index (κ1) is 33.2. The molecule has 1 aliphatic heterocycles. The van der Waals surface area contributed by atoms with Crippen LogP contribution in [0.25, 0.3) is 0 Å². The minimum absolute atomic E-state index is 0. The van der Waals surface area contributed by atoms with Gasteiger partial charge in [-0.15, -0.1) is 12.4 Å². The Bertz CT molecular complexity index is 1160. The molecule has 2 aromatic carbocycles. The molecule has 8 nitrogen and oxygen atoms in total. The summed E-state index contributed by atoms with van der Waals surface area (Å²) in [7, 11) is -3.30. The minimum atomic E-state index is -3.30. The van der Waals surface area contributed by atoms with E-state index in [1.807, 2.05) is 12.1 Å². The second kappa shape index (κ2) is 16.3. The quantitative estimate of drug-likeness (QED) is 0.253. The zero-order valence-corrected chi connectivity index (χ0v) is 26.1. The standard InChI is InChI=1S/C31H46N4O4S.ClH/c1-3-4-20-32-31(36)30(25-8-6-5-7-9-25)33-26-18-21-35(22-19-26)23-24-10-14-28(15-11-24)39-29-16-12-27(13-17-29)34-40(2,37)38;/h10-17,25-26,30,33-34H,3-9,18-23H2,1-2H3,(H,32,36);1H. The van der Waals surface area contributed by atoms with Gasteiger partial charge in [0.1, 0.15) is 11.5 Å². The van der Waals surface area contributed by atoms with E-state index >= 15 is 0 Å². The number of benzene rings is 2. The van der Waals surface area contributed by atoms with Gasteiger partial charge in [-0.3, -0.25) is 14.4 Å². The Morgan fingerprint density at radius 3 is 2.15 bits per heavy atom. The molecule has 1 amide bonds. The SMILES string of the molecule is CCCCNC(=O)C(NC1CCN(Cc2ccc(Oc3ccc(NS(C)(=O)=O)cc3)cc2)CC1)C1CCCCC1.Cl. The van der Waals surface area contributed by atoms with Gasteiger partial charge < -0.3 is 15.4 Å². The number of carbonyl (C=O) groups excluding carboxylic acids is 1. The van der Waals surface area contributed by atoms with Crippen molar-refractivity contribution in [2.24, 2.45) is 5.92 Å². The molecule has 2 fully saturated rings. The molecule has 1 atom stereocenters. The van der Waals surface area contributed by atoms with Gasteiger partial charge in [0.2, 0.25) is 15.9 Å². The van der Waals surface area contributed by atoms with Crippen LogP contribution in [0, 0.1) is 5.92 Å². The number of hydrogen-bond acceptors (Lipinski definition) is 6. The van der Waals surface area contributed by atoms with Crippen LogP contribution in [-0.4, -0.2) is 57.2 Å². The van der Waals surface area contributed by atoms with Crippen molar-refractivity contribution in [1.29, 1.82) is 0 Å². The highest BCUT2D eigenvalue weighted by molar-refractivity contribution is 7.92. The Labute approximate surface area is 252 Å². The van der Waals surface area contributed by atoms with Gasteiger partial charge in [-0.2, -0.15) is 0 Å². The lowest BCUT2D eigenvalue weighted by molar-refractivity contribution is -0.125. The Balaban J connectivity index is 0.00000462. The number of piperidine rings is 1. The lowest BCUT2D eigenvalue weighted by Gasteiger charge is -2.37. The number of carbonyl (C=O) groups is 1. The van der Waals surface area contributed by atoms with Crippen molar-refractivity contribution in [3.8, 4) is 11.5 Å². The smallest absolute Gasteiger partial charge is 0.237 e. The zero-order chi connectivity index (χ0) is 28.4. The fourth-order valence-corrected chi connectivity index (χ4v) is 6.33. The predicted octanol–water partition coefficient (Wildman–Crippen LogP) is 5.69. The Kier molecular flexibility index (Phi) is 13.2. The summed E-state index contributed by atoms with van der Waals surface area (Å²) in [4.78, 5) is 15.6. The van der Waals surface area contributed by atoms with Gasteiger partial charge in [-0.05, 0) is 93.1 Å². The average Bonchev–Trinajstić information content (AvgIpc) is 2.94. The summed E-state index contributed by atoms with van der Waals surface area (Å²) in [6.07, 6.45) is 11.4. The third-order valence-corrected chi connectivity index (χ3v) is 8.57. The number of likely N-dealkylation sites (tertiary alicyclic amines) is 1. The molecule has 0 aromatic heterocycles. The number of anilines is 1. The van der Waals surface area contributed by atoms with Crippen LogP contribution in [0.1, 0.15) is 70.3 Å². The second-order valence-corrected chi connectivity index (χ2v) is 13.1. The van der Waals surface area contributed by atoms with Gasteiger partial charge in [0.15, 0.2) is 0 Å². The number of halogens is 1. The molecule has 0 bridgehead atoms. The molecule has 1 unspecified atom stereocenters. The summed E-state index contributed by atoms with van der Waals surface area (Å²) in [5.41, 5.74) is 1.74. The number of ether oxygens (including phenoxy) is 1.